The zero-order valence-electron chi connectivity index (χ0n) is 5.97. The first-order valence-electron chi connectivity index (χ1n) is 3.76. The van der Waals surface area contributed by atoms with Crippen LogP contribution < -0.4 is 10.6 Å². The molecule has 0 aromatic rings. The minimum atomic E-state index is 0.593. The van der Waals surface area contributed by atoms with E-state index in [1.54, 1.807) is 0 Å². The average molecular weight is 159 g/mol. The topological polar surface area (TPSA) is 27.3 Å². The Hall–Kier alpha value is 0.230. The van der Waals surface area contributed by atoms with Crippen molar-refractivity contribution in [2.24, 2.45) is 0 Å². The van der Waals surface area contributed by atoms with Crippen LogP contribution in [-0.4, -0.2) is 42.5 Å². The summed E-state index contributed by atoms with van der Waals surface area (Å²) in [4.78, 5) is 2.44. The molecule has 0 amide bonds. The normalized spacial score (nSPS) is 35.4. The summed E-state index contributed by atoms with van der Waals surface area (Å²) < 4.78 is 0. The Labute approximate surface area is 65.5 Å². The summed E-state index contributed by atoms with van der Waals surface area (Å²) in [6, 6.07) is 0. The Bertz CT molecular complexity index is 93.6. The molecule has 2 fully saturated rings. The highest BCUT2D eigenvalue weighted by molar-refractivity contribution is 8.00. The molecule has 10 heavy (non-hydrogen) atoms. The van der Waals surface area contributed by atoms with Gasteiger partial charge in [-0.3, -0.25) is 10.2 Å². The van der Waals surface area contributed by atoms with Gasteiger partial charge in [0.25, 0.3) is 0 Å². The fourth-order valence-electron chi connectivity index (χ4n) is 1.37. The first-order chi connectivity index (χ1) is 4.97. The Morgan fingerprint density at radius 2 is 2.40 bits per heavy atom. The average Bonchev–Trinajstić information content (AvgIpc) is 2.59. The maximum absolute atomic E-state index is 3.45. The van der Waals surface area contributed by atoms with Gasteiger partial charge in [-0.05, 0) is 0 Å². The molecule has 0 aliphatic carbocycles. The molecule has 58 valence electrons. The van der Waals surface area contributed by atoms with Crippen molar-refractivity contribution in [1.82, 2.24) is 15.5 Å². The van der Waals surface area contributed by atoms with Crippen LogP contribution in [0.5, 0.6) is 0 Å². The van der Waals surface area contributed by atoms with E-state index in [-0.39, 0.29) is 0 Å². The molecule has 0 radical (unpaired) electrons. The van der Waals surface area contributed by atoms with Gasteiger partial charge in [0, 0.05) is 25.4 Å². The smallest absolute Gasteiger partial charge is 0.109 e. The van der Waals surface area contributed by atoms with Gasteiger partial charge < -0.3 is 5.32 Å². The summed E-state index contributed by atoms with van der Waals surface area (Å²) in [5.74, 6) is 1.27. The summed E-state index contributed by atoms with van der Waals surface area (Å²) in [7, 11) is 0. The molecule has 3 nitrogen and oxygen atoms in total. The molecule has 2 aliphatic heterocycles. The van der Waals surface area contributed by atoms with Crippen molar-refractivity contribution in [3.63, 3.8) is 0 Å². The molecule has 0 saturated carbocycles. The van der Waals surface area contributed by atoms with Gasteiger partial charge in [-0.25, -0.2) is 0 Å². The van der Waals surface area contributed by atoms with Gasteiger partial charge in [-0.2, -0.15) is 0 Å². The maximum atomic E-state index is 3.45. The van der Waals surface area contributed by atoms with E-state index in [9.17, 15) is 0 Å². The van der Waals surface area contributed by atoms with Crippen molar-refractivity contribution in [3.8, 4) is 0 Å². The summed E-state index contributed by atoms with van der Waals surface area (Å²) in [5.41, 5.74) is 0.593. The standard InChI is InChI=1S/C6H13N3S/c1-3-9(5-7-1)6-8-2-4-10-6/h6-8H,1-5H2. The lowest BCUT2D eigenvalue weighted by Crippen LogP contribution is -2.39. The van der Waals surface area contributed by atoms with Gasteiger partial charge in [-0.15, -0.1) is 11.8 Å². The van der Waals surface area contributed by atoms with Gasteiger partial charge in [0.2, 0.25) is 0 Å². The van der Waals surface area contributed by atoms with Gasteiger partial charge in [0.1, 0.15) is 5.50 Å². The highest BCUT2D eigenvalue weighted by atomic mass is 32.2. The molecule has 2 heterocycles. The van der Waals surface area contributed by atoms with Crippen molar-refractivity contribution in [2.45, 2.75) is 5.50 Å². The molecule has 2 saturated heterocycles. The first-order valence-corrected chi connectivity index (χ1v) is 4.81. The van der Waals surface area contributed by atoms with Crippen LogP contribution in [0, 0.1) is 0 Å². The number of thioether (sulfide) groups is 1. The first kappa shape index (κ1) is 6.91. The minimum Gasteiger partial charge on any atom is -0.303 e. The second kappa shape index (κ2) is 3.09. The van der Waals surface area contributed by atoms with Crippen molar-refractivity contribution >= 4 is 11.8 Å². The molecule has 2 rings (SSSR count). The third-order valence-electron chi connectivity index (χ3n) is 1.92. The SMILES string of the molecule is C1CN(C2NCCS2)CN1. The van der Waals surface area contributed by atoms with Crippen LogP contribution in [-0.2, 0) is 0 Å². The molecule has 4 heteroatoms. The molecule has 0 bridgehead atoms. The zero-order valence-corrected chi connectivity index (χ0v) is 6.78. The molecule has 0 spiro atoms. The molecule has 0 aromatic heterocycles. The van der Waals surface area contributed by atoms with Crippen molar-refractivity contribution in [1.29, 1.82) is 0 Å². The highest BCUT2D eigenvalue weighted by Gasteiger charge is 2.24. The molecule has 2 N–H and O–H groups in total. The molecule has 1 atom stereocenters. The maximum Gasteiger partial charge on any atom is 0.109 e. The summed E-state index contributed by atoms with van der Waals surface area (Å²) >= 11 is 2.01. The highest BCUT2D eigenvalue weighted by Crippen LogP contribution is 2.17. The summed E-state index contributed by atoms with van der Waals surface area (Å²) in [6.07, 6.45) is 0. The van der Waals surface area contributed by atoms with E-state index < -0.39 is 0 Å². The van der Waals surface area contributed by atoms with Crippen LogP contribution >= 0.6 is 11.8 Å². The van der Waals surface area contributed by atoms with Gasteiger partial charge in [0.15, 0.2) is 0 Å². The predicted octanol–water partition coefficient (Wildman–Crippen LogP) is -0.531. The molecular weight excluding hydrogens is 146 g/mol. The number of rotatable bonds is 1. The van der Waals surface area contributed by atoms with Crippen LogP contribution in [0.2, 0.25) is 0 Å². The number of nitrogens with one attached hydrogen (secondary N) is 2. The molecular formula is C6H13N3S. The van der Waals surface area contributed by atoms with Crippen LogP contribution in [0.3, 0.4) is 0 Å². The number of hydrogen-bond donors (Lipinski definition) is 2. The van der Waals surface area contributed by atoms with E-state index in [0.717, 1.165) is 13.2 Å². The zero-order chi connectivity index (χ0) is 6.81. The van der Waals surface area contributed by atoms with Crippen molar-refractivity contribution in [3.05, 3.63) is 0 Å². The third kappa shape index (κ3) is 1.29. The Morgan fingerprint density at radius 3 is 3.00 bits per heavy atom. The largest absolute Gasteiger partial charge is 0.303 e. The summed E-state index contributed by atoms with van der Waals surface area (Å²) in [5, 5.41) is 6.77. The lowest BCUT2D eigenvalue weighted by atomic mass is 10.6. The molecule has 0 aromatic carbocycles. The van der Waals surface area contributed by atoms with Crippen LogP contribution in [0.25, 0.3) is 0 Å². The monoisotopic (exact) mass is 159 g/mol. The Balaban J connectivity index is 1.85. The van der Waals surface area contributed by atoms with E-state index in [1.807, 2.05) is 11.8 Å². The van der Waals surface area contributed by atoms with E-state index in [2.05, 4.69) is 15.5 Å². The van der Waals surface area contributed by atoms with Crippen LogP contribution in [0.4, 0.5) is 0 Å². The lowest BCUT2D eigenvalue weighted by Gasteiger charge is -2.20. The molecule has 2 aliphatic rings. The van der Waals surface area contributed by atoms with E-state index in [1.165, 1.54) is 18.8 Å². The Morgan fingerprint density at radius 1 is 1.40 bits per heavy atom. The molecule has 1 unspecified atom stereocenters. The van der Waals surface area contributed by atoms with Crippen LogP contribution in [0.1, 0.15) is 0 Å². The van der Waals surface area contributed by atoms with Crippen molar-refractivity contribution in [2.75, 3.05) is 32.1 Å². The van der Waals surface area contributed by atoms with E-state index >= 15 is 0 Å². The minimum absolute atomic E-state index is 0.593. The van der Waals surface area contributed by atoms with E-state index in [4.69, 9.17) is 0 Å². The quantitative estimate of drug-likeness (QED) is 0.538. The third-order valence-corrected chi connectivity index (χ3v) is 3.14. The Kier molecular flexibility index (Phi) is 2.13. The van der Waals surface area contributed by atoms with Crippen LogP contribution in [0.15, 0.2) is 0 Å². The predicted molar refractivity (Wildman–Crippen MR) is 43.8 cm³/mol. The fourth-order valence-corrected chi connectivity index (χ4v) is 2.46. The van der Waals surface area contributed by atoms with Gasteiger partial charge in [-0.1, -0.05) is 0 Å². The van der Waals surface area contributed by atoms with E-state index in [0.29, 0.717) is 5.50 Å². The number of hydrogen-bond acceptors (Lipinski definition) is 4. The van der Waals surface area contributed by atoms with Crippen molar-refractivity contribution < 1.29 is 0 Å². The number of nitrogens with zero attached hydrogens (tertiary/aromatic N) is 1. The van der Waals surface area contributed by atoms with Gasteiger partial charge in [0.05, 0.1) is 6.67 Å². The summed E-state index contributed by atoms with van der Waals surface area (Å²) in [6.45, 7) is 4.58. The lowest BCUT2D eigenvalue weighted by molar-refractivity contribution is 0.288. The van der Waals surface area contributed by atoms with Gasteiger partial charge >= 0.3 is 0 Å². The second-order valence-corrected chi connectivity index (χ2v) is 3.84. The second-order valence-electron chi connectivity index (χ2n) is 2.65. The fraction of sp³-hybridized carbons (Fsp3) is 1.00.